The average molecular weight is 355 g/mol. The first-order valence-corrected chi connectivity index (χ1v) is 8.42. The van der Waals surface area contributed by atoms with E-state index in [0.717, 1.165) is 23.2 Å². The molecule has 3 rings (SSSR count). The van der Waals surface area contributed by atoms with Crippen LogP contribution in [-0.4, -0.2) is 26.0 Å². The topological polar surface area (TPSA) is 41.9 Å². The van der Waals surface area contributed by atoms with Crippen molar-refractivity contribution < 1.29 is 9.53 Å². The van der Waals surface area contributed by atoms with Crippen LogP contribution in [0.15, 0.2) is 59.2 Å². The third-order valence-corrected chi connectivity index (χ3v) is 4.17. The van der Waals surface area contributed by atoms with E-state index in [1.165, 1.54) is 0 Å². The number of aliphatic imine (C=N–C) groups is 1. The number of carbonyl (C=O) groups is 1. The molecule has 0 saturated carbocycles. The van der Waals surface area contributed by atoms with E-state index in [2.05, 4.69) is 4.99 Å². The number of anilines is 1. The van der Waals surface area contributed by atoms with Gasteiger partial charge < -0.3 is 9.64 Å². The predicted octanol–water partition coefficient (Wildman–Crippen LogP) is 4.34. The molecule has 1 heterocycles. The van der Waals surface area contributed by atoms with E-state index in [4.69, 9.17) is 16.3 Å². The van der Waals surface area contributed by atoms with E-state index in [0.29, 0.717) is 23.0 Å². The third kappa shape index (κ3) is 4.48. The summed E-state index contributed by atoms with van der Waals surface area (Å²) >= 11 is 5.88. The van der Waals surface area contributed by atoms with Gasteiger partial charge in [0.05, 0.1) is 0 Å². The van der Waals surface area contributed by atoms with E-state index in [1.807, 2.05) is 67.5 Å². The number of cyclic esters (lactones) is 1. The Balaban J connectivity index is 1.67. The Hall–Kier alpha value is -2.59. The smallest absolute Gasteiger partial charge is 0.363 e. The highest BCUT2D eigenvalue weighted by atomic mass is 35.5. The number of rotatable bonds is 5. The Morgan fingerprint density at radius 1 is 1.04 bits per heavy atom. The molecule has 0 unspecified atom stereocenters. The van der Waals surface area contributed by atoms with Gasteiger partial charge in [0, 0.05) is 31.2 Å². The van der Waals surface area contributed by atoms with Crippen molar-refractivity contribution in [3.05, 3.63) is 70.4 Å². The van der Waals surface area contributed by atoms with E-state index >= 15 is 0 Å². The monoisotopic (exact) mass is 354 g/mol. The standard InChI is InChI=1S/C20H19ClN2O2/c1-23(2)17-10-5-15(6-11-17)13-18-20(24)25-19(22-18)12-7-14-3-8-16(21)9-4-14/h3-6,8-11,13H,7,12H2,1-2H3/b18-13+. The van der Waals surface area contributed by atoms with Crippen molar-refractivity contribution in [1.82, 2.24) is 0 Å². The van der Waals surface area contributed by atoms with Gasteiger partial charge in [0.1, 0.15) is 0 Å². The maximum absolute atomic E-state index is 12.0. The fourth-order valence-electron chi connectivity index (χ4n) is 2.49. The second kappa shape index (κ2) is 7.53. The van der Waals surface area contributed by atoms with Crippen LogP contribution in [0.2, 0.25) is 5.02 Å². The first-order chi connectivity index (χ1) is 12.0. The maximum Gasteiger partial charge on any atom is 0.363 e. The molecular weight excluding hydrogens is 336 g/mol. The zero-order valence-corrected chi connectivity index (χ0v) is 15.0. The van der Waals surface area contributed by atoms with Crippen molar-refractivity contribution in [3.8, 4) is 0 Å². The molecule has 0 spiro atoms. The molecule has 0 saturated heterocycles. The molecule has 0 aromatic heterocycles. The number of hydrogen-bond donors (Lipinski definition) is 0. The maximum atomic E-state index is 12.0. The fourth-order valence-corrected chi connectivity index (χ4v) is 2.62. The third-order valence-electron chi connectivity index (χ3n) is 3.92. The molecule has 128 valence electrons. The van der Waals surface area contributed by atoms with Crippen LogP contribution < -0.4 is 4.90 Å². The molecule has 2 aromatic carbocycles. The summed E-state index contributed by atoms with van der Waals surface area (Å²) in [5.41, 5.74) is 3.48. The quantitative estimate of drug-likeness (QED) is 0.592. The van der Waals surface area contributed by atoms with Crippen LogP contribution in [0.4, 0.5) is 5.69 Å². The fraction of sp³-hybridized carbons (Fsp3) is 0.200. The summed E-state index contributed by atoms with van der Waals surface area (Å²) in [7, 11) is 3.97. The van der Waals surface area contributed by atoms with Crippen LogP contribution in [0.5, 0.6) is 0 Å². The van der Waals surface area contributed by atoms with E-state index in [-0.39, 0.29) is 0 Å². The Kier molecular flexibility index (Phi) is 5.19. The van der Waals surface area contributed by atoms with Crippen LogP contribution in [0.1, 0.15) is 17.5 Å². The van der Waals surface area contributed by atoms with E-state index < -0.39 is 5.97 Å². The number of esters is 1. The first-order valence-electron chi connectivity index (χ1n) is 8.04. The van der Waals surface area contributed by atoms with Crippen LogP contribution >= 0.6 is 11.6 Å². The van der Waals surface area contributed by atoms with Gasteiger partial charge in [0.25, 0.3) is 0 Å². The summed E-state index contributed by atoms with van der Waals surface area (Å²) in [5, 5.41) is 0.707. The Labute approximate surface area is 152 Å². The van der Waals surface area contributed by atoms with Gasteiger partial charge in [-0.2, -0.15) is 0 Å². The molecule has 0 N–H and O–H groups in total. The lowest BCUT2D eigenvalue weighted by Crippen LogP contribution is -2.08. The molecule has 1 aliphatic rings. The molecule has 0 radical (unpaired) electrons. The van der Waals surface area contributed by atoms with Gasteiger partial charge in [-0.05, 0) is 47.9 Å². The Morgan fingerprint density at radius 2 is 1.72 bits per heavy atom. The van der Waals surface area contributed by atoms with Crippen molar-refractivity contribution in [3.63, 3.8) is 0 Å². The number of hydrogen-bond acceptors (Lipinski definition) is 4. The van der Waals surface area contributed by atoms with Crippen LogP contribution in [0.3, 0.4) is 0 Å². The van der Waals surface area contributed by atoms with Gasteiger partial charge in [-0.25, -0.2) is 9.79 Å². The largest absolute Gasteiger partial charge is 0.407 e. The number of carbonyl (C=O) groups excluding carboxylic acids is 1. The minimum Gasteiger partial charge on any atom is -0.407 e. The van der Waals surface area contributed by atoms with Crippen molar-refractivity contribution in [2.45, 2.75) is 12.8 Å². The zero-order valence-electron chi connectivity index (χ0n) is 14.2. The van der Waals surface area contributed by atoms with Crippen LogP contribution in [0.25, 0.3) is 6.08 Å². The number of aryl methyl sites for hydroxylation is 1. The van der Waals surface area contributed by atoms with Crippen LogP contribution in [0, 0.1) is 0 Å². The van der Waals surface area contributed by atoms with Crippen molar-refractivity contribution in [2.24, 2.45) is 4.99 Å². The number of benzene rings is 2. The van der Waals surface area contributed by atoms with Gasteiger partial charge in [0.15, 0.2) is 11.6 Å². The molecule has 0 fully saturated rings. The van der Waals surface area contributed by atoms with Crippen molar-refractivity contribution >= 4 is 35.2 Å². The van der Waals surface area contributed by atoms with Gasteiger partial charge in [-0.15, -0.1) is 0 Å². The summed E-state index contributed by atoms with van der Waals surface area (Å²) in [6.07, 6.45) is 3.06. The lowest BCUT2D eigenvalue weighted by atomic mass is 10.1. The Bertz CT molecular complexity index is 822. The summed E-state index contributed by atoms with van der Waals surface area (Å²) in [4.78, 5) is 18.3. The highest BCUT2D eigenvalue weighted by molar-refractivity contribution is 6.30. The van der Waals surface area contributed by atoms with E-state index in [9.17, 15) is 4.79 Å². The number of halogens is 1. The minimum atomic E-state index is -0.400. The van der Waals surface area contributed by atoms with Gasteiger partial charge >= 0.3 is 5.97 Å². The minimum absolute atomic E-state index is 0.337. The highest BCUT2D eigenvalue weighted by Gasteiger charge is 2.22. The molecule has 5 heteroatoms. The van der Waals surface area contributed by atoms with Crippen molar-refractivity contribution in [2.75, 3.05) is 19.0 Å². The molecule has 0 aliphatic carbocycles. The number of ether oxygens (including phenoxy) is 1. The second-order valence-electron chi connectivity index (χ2n) is 6.04. The number of nitrogens with zero attached hydrogens (tertiary/aromatic N) is 2. The van der Waals surface area contributed by atoms with Gasteiger partial charge in [0.2, 0.25) is 0 Å². The molecule has 1 aliphatic heterocycles. The second-order valence-corrected chi connectivity index (χ2v) is 6.47. The lowest BCUT2D eigenvalue weighted by Gasteiger charge is -2.11. The molecular formula is C20H19ClN2O2. The molecule has 0 bridgehead atoms. The Morgan fingerprint density at radius 3 is 2.36 bits per heavy atom. The molecule has 2 aromatic rings. The predicted molar refractivity (Wildman–Crippen MR) is 102 cm³/mol. The van der Waals surface area contributed by atoms with E-state index in [1.54, 1.807) is 6.08 Å². The zero-order chi connectivity index (χ0) is 17.8. The first kappa shape index (κ1) is 17.2. The summed E-state index contributed by atoms with van der Waals surface area (Å²) in [5.74, 6) is 0.0545. The normalized spacial score (nSPS) is 15.2. The SMILES string of the molecule is CN(C)c1ccc(/C=C2/N=C(CCc3ccc(Cl)cc3)OC2=O)cc1. The van der Waals surface area contributed by atoms with Gasteiger partial charge in [-0.1, -0.05) is 35.9 Å². The van der Waals surface area contributed by atoms with Crippen LogP contribution in [-0.2, 0) is 16.0 Å². The van der Waals surface area contributed by atoms with Gasteiger partial charge in [-0.3, -0.25) is 0 Å². The summed E-state index contributed by atoms with van der Waals surface area (Å²) in [6.45, 7) is 0. The summed E-state index contributed by atoms with van der Waals surface area (Å²) < 4.78 is 5.26. The summed E-state index contributed by atoms with van der Waals surface area (Å²) in [6, 6.07) is 15.5. The average Bonchev–Trinajstić information content (AvgIpc) is 2.94. The molecule has 0 atom stereocenters. The molecule has 25 heavy (non-hydrogen) atoms. The highest BCUT2D eigenvalue weighted by Crippen LogP contribution is 2.20. The lowest BCUT2D eigenvalue weighted by molar-refractivity contribution is -0.130. The molecule has 4 nitrogen and oxygen atoms in total. The van der Waals surface area contributed by atoms with Crippen molar-refractivity contribution in [1.29, 1.82) is 0 Å². The molecule has 0 amide bonds.